The fraction of sp³-hybridized carbons (Fsp3) is 0.300. The lowest BCUT2D eigenvalue weighted by molar-refractivity contribution is 0.0946. The summed E-state index contributed by atoms with van der Waals surface area (Å²) >= 11 is 5.99. The number of hydrogen-bond donors (Lipinski definition) is 1. The van der Waals surface area contributed by atoms with E-state index in [9.17, 15) is 13.2 Å². The van der Waals surface area contributed by atoms with Gasteiger partial charge in [0, 0.05) is 30.5 Å². The number of nitrogens with one attached hydrogen (secondary N) is 1. The van der Waals surface area contributed by atoms with Gasteiger partial charge < -0.3 is 9.88 Å². The zero-order chi connectivity index (χ0) is 20.4. The molecule has 1 aliphatic rings. The molecule has 1 N–H and O–H groups in total. The molecule has 7 nitrogen and oxygen atoms in total. The first-order chi connectivity index (χ1) is 13.9. The van der Waals surface area contributed by atoms with E-state index >= 15 is 0 Å². The van der Waals surface area contributed by atoms with Gasteiger partial charge in [-0.2, -0.15) is 5.10 Å². The third kappa shape index (κ3) is 4.54. The minimum atomic E-state index is -3.08. The predicted octanol–water partition coefficient (Wildman–Crippen LogP) is 2.79. The normalized spacial score (nSPS) is 18.0. The van der Waals surface area contributed by atoms with Crippen LogP contribution >= 0.6 is 11.6 Å². The molecule has 152 valence electrons. The fourth-order valence-electron chi connectivity index (χ4n) is 3.50. The van der Waals surface area contributed by atoms with Crippen molar-refractivity contribution in [2.75, 3.05) is 18.1 Å². The second kappa shape index (κ2) is 8.04. The number of hydrogen-bond acceptors (Lipinski definition) is 4. The third-order valence-electron chi connectivity index (χ3n) is 4.98. The summed E-state index contributed by atoms with van der Waals surface area (Å²) in [6.07, 6.45) is 4.35. The summed E-state index contributed by atoms with van der Waals surface area (Å²) in [6, 6.07) is 12.5. The van der Waals surface area contributed by atoms with Gasteiger partial charge in [-0.1, -0.05) is 23.7 Å². The average molecular weight is 433 g/mol. The van der Waals surface area contributed by atoms with Gasteiger partial charge >= 0.3 is 0 Å². The Kier molecular flexibility index (Phi) is 5.47. The lowest BCUT2D eigenvalue weighted by atomic mass is 10.1. The van der Waals surface area contributed by atoms with E-state index in [4.69, 9.17) is 11.6 Å². The maximum Gasteiger partial charge on any atom is 0.271 e. The standard InChI is InChI=1S/C20H21ClN4O3S/c21-16-5-3-15(4-6-16)19-13-18(20(26)22-8-11-24-9-1-2-10-24)23-25(19)17-7-12-29(27,28)14-17/h1-6,9-10,13,17H,7-8,11-12,14H2,(H,22,26)/t17-/m0/s1. The molecule has 1 aliphatic heterocycles. The van der Waals surface area contributed by atoms with Crippen LogP contribution < -0.4 is 5.32 Å². The SMILES string of the molecule is O=C(NCCn1cccc1)c1cc(-c2ccc(Cl)cc2)n([C@H]2CCS(=O)(=O)C2)n1. The van der Waals surface area contributed by atoms with Crippen molar-refractivity contribution in [1.82, 2.24) is 19.7 Å². The van der Waals surface area contributed by atoms with Gasteiger partial charge in [-0.05, 0) is 42.3 Å². The van der Waals surface area contributed by atoms with Gasteiger partial charge in [0.25, 0.3) is 5.91 Å². The van der Waals surface area contributed by atoms with E-state index in [0.717, 1.165) is 5.56 Å². The number of rotatable bonds is 6. The number of carbonyl (C=O) groups is 1. The van der Waals surface area contributed by atoms with E-state index < -0.39 is 9.84 Å². The van der Waals surface area contributed by atoms with E-state index in [-0.39, 0.29) is 29.1 Å². The Labute approximate surface area is 174 Å². The minimum absolute atomic E-state index is 0.0317. The van der Waals surface area contributed by atoms with Crippen LogP contribution in [0.3, 0.4) is 0 Å². The van der Waals surface area contributed by atoms with Crippen molar-refractivity contribution < 1.29 is 13.2 Å². The molecule has 4 rings (SSSR count). The molecule has 1 saturated heterocycles. The van der Waals surface area contributed by atoms with Gasteiger partial charge in [0.05, 0.1) is 23.2 Å². The molecule has 1 atom stereocenters. The van der Waals surface area contributed by atoms with Gasteiger partial charge in [0.15, 0.2) is 15.5 Å². The molecule has 0 spiro atoms. The summed E-state index contributed by atoms with van der Waals surface area (Å²) in [4.78, 5) is 12.6. The summed E-state index contributed by atoms with van der Waals surface area (Å²) in [7, 11) is -3.08. The molecule has 29 heavy (non-hydrogen) atoms. The first-order valence-electron chi connectivity index (χ1n) is 9.36. The molecule has 0 unspecified atom stereocenters. The smallest absolute Gasteiger partial charge is 0.271 e. The largest absolute Gasteiger partial charge is 0.353 e. The molecule has 1 aromatic carbocycles. The van der Waals surface area contributed by atoms with Crippen molar-refractivity contribution in [3.63, 3.8) is 0 Å². The van der Waals surface area contributed by atoms with Crippen LogP contribution in [0.5, 0.6) is 0 Å². The molecule has 0 aliphatic carbocycles. The second-order valence-corrected chi connectivity index (χ2v) is 9.77. The average Bonchev–Trinajstić information content (AvgIpc) is 3.42. The van der Waals surface area contributed by atoms with Crippen molar-refractivity contribution in [2.45, 2.75) is 19.0 Å². The minimum Gasteiger partial charge on any atom is -0.353 e. The van der Waals surface area contributed by atoms with Gasteiger partial charge in [-0.15, -0.1) is 0 Å². The number of halogens is 1. The Hall–Kier alpha value is -2.58. The summed E-state index contributed by atoms with van der Waals surface area (Å²) in [6.45, 7) is 1.12. The van der Waals surface area contributed by atoms with Crippen LogP contribution in [-0.2, 0) is 16.4 Å². The summed E-state index contributed by atoms with van der Waals surface area (Å²) in [5.74, 6) is -0.119. The van der Waals surface area contributed by atoms with Crippen molar-refractivity contribution in [3.8, 4) is 11.3 Å². The van der Waals surface area contributed by atoms with Gasteiger partial charge in [-0.3, -0.25) is 9.48 Å². The van der Waals surface area contributed by atoms with Gasteiger partial charge in [0.1, 0.15) is 0 Å². The molecule has 3 aromatic rings. The van der Waals surface area contributed by atoms with E-state index in [2.05, 4.69) is 10.4 Å². The van der Waals surface area contributed by atoms with E-state index in [0.29, 0.717) is 30.2 Å². The lowest BCUT2D eigenvalue weighted by Crippen LogP contribution is -2.27. The summed E-state index contributed by atoms with van der Waals surface area (Å²) < 4.78 is 27.6. The highest BCUT2D eigenvalue weighted by molar-refractivity contribution is 7.91. The van der Waals surface area contributed by atoms with Crippen LogP contribution in [0.2, 0.25) is 5.02 Å². The zero-order valence-corrected chi connectivity index (χ0v) is 17.2. The van der Waals surface area contributed by atoms with Gasteiger partial charge in [0.2, 0.25) is 0 Å². The number of aromatic nitrogens is 3. The van der Waals surface area contributed by atoms with Crippen molar-refractivity contribution in [3.05, 3.63) is 65.6 Å². The van der Waals surface area contributed by atoms with Crippen LogP contribution in [0.15, 0.2) is 54.9 Å². The fourth-order valence-corrected chi connectivity index (χ4v) is 5.31. The molecule has 0 radical (unpaired) electrons. The van der Waals surface area contributed by atoms with Crippen LogP contribution in [0.4, 0.5) is 0 Å². The quantitative estimate of drug-likeness (QED) is 0.649. The zero-order valence-electron chi connectivity index (χ0n) is 15.7. The first kappa shape index (κ1) is 19.7. The Balaban J connectivity index is 1.58. The topological polar surface area (TPSA) is 86.0 Å². The number of sulfone groups is 1. The summed E-state index contributed by atoms with van der Waals surface area (Å²) in [5.41, 5.74) is 1.81. The van der Waals surface area contributed by atoms with E-state index in [1.54, 1.807) is 22.9 Å². The molecular formula is C20H21ClN4O3S. The van der Waals surface area contributed by atoms with Crippen LogP contribution in [0.25, 0.3) is 11.3 Å². The Morgan fingerprint density at radius 1 is 1.21 bits per heavy atom. The van der Waals surface area contributed by atoms with Crippen molar-refractivity contribution >= 4 is 27.3 Å². The Bertz CT molecular complexity index is 1110. The maximum atomic E-state index is 12.6. The number of amides is 1. The molecule has 3 heterocycles. The second-order valence-electron chi connectivity index (χ2n) is 7.10. The predicted molar refractivity (Wildman–Crippen MR) is 112 cm³/mol. The van der Waals surface area contributed by atoms with Crippen molar-refractivity contribution in [1.29, 1.82) is 0 Å². The third-order valence-corrected chi connectivity index (χ3v) is 6.99. The molecule has 0 bridgehead atoms. The molecule has 0 saturated carbocycles. The van der Waals surface area contributed by atoms with Crippen molar-refractivity contribution in [2.24, 2.45) is 0 Å². The Morgan fingerprint density at radius 3 is 2.59 bits per heavy atom. The van der Waals surface area contributed by atoms with E-state index in [1.807, 2.05) is 41.2 Å². The van der Waals surface area contributed by atoms with E-state index in [1.165, 1.54) is 0 Å². The van der Waals surface area contributed by atoms with Crippen LogP contribution in [0, 0.1) is 0 Å². The molecular weight excluding hydrogens is 412 g/mol. The Morgan fingerprint density at radius 2 is 1.93 bits per heavy atom. The molecule has 9 heteroatoms. The summed E-state index contributed by atoms with van der Waals surface area (Å²) in [5, 5.41) is 7.95. The molecule has 1 amide bonds. The van der Waals surface area contributed by atoms with Crippen LogP contribution in [0.1, 0.15) is 23.0 Å². The monoisotopic (exact) mass is 432 g/mol. The highest BCUT2D eigenvalue weighted by Gasteiger charge is 2.32. The number of carbonyl (C=O) groups excluding carboxylic acids is 1. The molecule has 2 aromatic heterocycles. The maximum absolute atomic E-state index is 12.6. The molecule has 1 fully saturated rings. The number of benzene rings is 1. The lowest BCUT2D eigenvalue weighted by Gasteiger charge is -2.13. The highest BCUT2D eigenvalue weighted by Crippen LogP contribution is 2.30. The highest BCUT2D eigenvalue weighted by atomic mass is 35.5. The van der Waals surface area contributed by atoms with Crippen LogP contribution in [-0.4, -0.2) is 46.7 Å². The first-order valence-corrected chi connectivity index (χ1v) is 11.6. The number of nitrogens with zero attached hydrogens (tertiary/aromatic N) is 3. The van der Waals surface area contributed by atoms with Gasteiger partial charge in [-0.25, -0.2) is 8.42 Å².